The van der Waals surface area contributed by atoms with Crippen molar-refractivity contribution in [2.45, 2.75) is 0 Å². The fraction of sp³-hybridized carbons (Fsp3) is 0. The molecule has 0 aliphatic rings. The molecule has 0 radical (unpaired) electrons. The Bertz CT molecular complexity index is 2780. The highest BCUT2D eigenvalue weighted by Gasteiger charge is 2.18. The van der Waals surface area contributed by atoms with Gasteiger partial charge in [-0.1, -0.05) is 115 Å². The van der Waals surface area contributed by atoms with Crippen LogP contribution in [0.1, 0.15) is 0 Å². The molecule has 0 amide bonds. The van der Waals surface area contributed by atoms with Crippen LogP contribution in [-0.4, -0.2) is 0 Å². The van der Waals surface area contributed by atoms with E-state index in [1.165, 1.54) is 73.0 Å². The Labute approximate surface area is 280 Å². The van der Waals surface area contributed by atoms with Gasteiger partial charge in [-0.2, -0.15) is 0 Å². The van der Waals surface area contributed by atoms with Gasteiger partial charge in [0.25, 0.3) is 0 Å². The van der Waals surface area contributed by atoms with E-state index < -0.39 is 0 Å². The predicted molar refractivity (Wildman–Crippen MR) is 207 cm³/mol. The van der Waals surface area contributed by atoms with E-state index in [-0.39, 0.29) is 0 Å². The molecule has 0 N–H and O–H groups in total. The van der Waals surface area contributed by atoms with Crippen LogP contribution in [0.3, 0.4) is 0 Å². The number of rotatable bonds is 4. The number of thiophene rings is 2. The van der Waals surface area contributed by atoms with Gasteiger partial charge < -0.3 is 4.90 Å². The molecule has 0 unspecified atom stereocenters. The van der Waals surface area contributed by atoms with E-state index in [1.807, 2.05) is 22.7 Å². The quantitative estimate of drug-likeness (QED) is 0.186. The van der Waals surface area contributed by atoms with Gasteiger partial charge in [0.1, 0.15) is 0 Å². The Morgan fingerprint density at radius 3 is 1.81 bits per heavy atom. The number of nitrogens with zero attached hydrogens (tertiary/aromatic N) is 1. The lowest BCUT2D eigenvalue weighted by Gasteiger charge is -2.25. The summed E-state index contributed by atoms with van der Waals surface area (Å²) in [4.78, 5) is 2.37. The second kappa shape index (κ2) is 10.5. The number of anilines is 3. The van der Waals surface area contributed by atoms with Crippen molar-refractivity contribution in [1.29, 1.82) is 0 Å². The molecule has 2 aromatic heterocycles. The van der Waals surface area contributed by atoms with Gasteiger partial charge in [-0.3, -0.25) is 0 Å². The van der Waals surface area contributed by atoms with Gasteiger partial charge >= 0.3 is 0 Å². The first-order valence-corrected chi connectivity index (χ1v) is 17.6. The zero-order chi connectivity index (χ0) is 30.9. The van der Waals surface area contributed by atoms with Crippen LogP contribution in [0.4, 0.5) is 17.1 Å². The number of fused-ring (bicyclic) bond motifs is 10. The van der Waals surface area contributed by atoms with Crippen molar-refractivity contribution in [2.75, 3.05) is 4.90 Å². The van der Waals surface area contributed by atoms with E-state index in [4.69, 9.17) is 0 Å². The van der Waals surface area contributed by atoms with Crippen LogP contribution in [0.15, 0.2) is 164 Å². The third kappa shape index (κ3) is 4.21. The first-order chi connectivity index (χ1) is 23.3. The molecule has 8 aromatic carbocycles. The Morgan fingerprint density at radius 2 is 0.979 bits per heavy atom. The fourth-order valence-electron chi connectivity index (χ4n) is 7.28. The summed E-state index contributed by atoms with van der Waals surface area (Å²) < 4.78 is 5.37. The van der Waals surface area contributed by atoms with E-state index >= 15 is 0 Å². The minimum absolute atomic E-state index is 1.14. The maximum Gasteiger partial charge on any atom is 0.0476 e. The molecule has 0 atom stereocenters. The fourth-order valence-corrected chi connectivity index (χ4v) is 9.67. The Balaban J connectivity index is 1.13. The molecule has 1 nitrogen and oxygen atoms in total. The molecule has 10 aromatic rings. The maximum absolute atomic E-state index is 2.38. The van der Waals surface area contributed by atoms with E-state index in [0.29, 0.717) is 0 Å². The van der Waals surface area contributed by atoms with Gasteiger partial charge in [0.2, 0.25) is 0 Å². The Morgan fingerprint density at radius 1 is 0.362 bits per heavy atom. The molecule has 3 heteroatoms. The molecule has 0 bridgehead atoms. The van der Waals surface area contributed by atoms with Crippen molar-refractivity contribution in [1.82, 2.24) is 0 Å². The third-order valence-corrected chi connectivity index (χ3v) is 11.8. The number of para-hydroxylation sites is 1. The largest absolute Gasteiger partial charge is 0.310 e. The van der Waals surface area contributed by atoms with E-state index in [0.717, 1.165) is 17.1 Å². The van der Waals surface area contributed by atoms with E-state index in [9.17, 15) is 0 Å². The van der Waals surface area contributed by atoms with Crippen molar-refractivity contribution in [3.05, 3.63) is 164 Å². The van der Waals surface area contributed by atoms with Crippen molar-refractivity contribution in [3.63, 3.8) is 0 Å². The normalized spacial score (nSPS) is 11.8. The number of hydrogen-bond acceptors (Lipinski definition) is 3. The summed E-state index contributed by atoms with van der Waals surface area (Å²) in [6, 6.07) is 59.9. The molecule has 0 aliphatic carbocycles. The summed E-state index contributed by atoms with van der Waals surface area (Å²) in [5.41, 5.74) is 5.92. The molecule has 0 aliphatic heterocycles. The molecule has 220 valence electrons. The standard InChI is InChI=1S/C44H27NS2/c1-2-12-31(13-3-1)45(32-20-17-30(18-21-32)35-16-8-11-28-9-4-6-14-34(28)35)33-22-24-37-41(27-33)46-39-25-26-40-43(42(37)39)38-23-19-29-10-5-7-15-36(29)44(38)47-40/h1-27H. The zero-order valence-electron chi connectivity index (χ0n) is 25.4. The minimum Gasteiger partial charge on any atom is -0.310 e. The van der Waals surface area contributed by atoms with Gasteiger partial charge in [0, 0.05) is 57.4 Å². The molecule has 0 spiro atoms. The topological polar surface area (TPSA) is 3.24 Å². The molecular weight excluding hydrogens is 607 g/mol. The first-order valence-electron chi connectivity index (χ1n) is 15.9. The number of hydrogen-bond donors (Lipinski definition) is 0. The zero-order valence-corrected chi connectivity index (χ0v) is 27.0. The number of benzene rings is 8. The second-order valence-electron chi connectivity index (χ2n) is 12.1. The molecule has 0 saturated heterocycles. The van der Waals surface area contributed by atoms with Gasteiger partial charge in [0.05, 0.1) is 0 Å². The molecule has 2 heterocycles. The van der Waals surface area contributed by atoms with Crippen LogP contribution in [0.5, 0.6) is 0 Å². The van der Waals surface area contributed by atoms with Crippen molar-refractivity contribution in [2.24, 2.45) is 0 Å². The minimum atomic E-state index is 1.14. The van der Waals surface area contributed by atoms with Crippen molar-refractivity contribution >= 4 is 102 Å². The third-order valence-electron chi connectivity index (χ3n) is 9.44. The van der Waals surface area contributed by atoms with Crippen LogP contribution < -0.4 is 4.90 Å². The van der Waals surface area contributed by atoms with E-state index in [2.05, 4.69) is 169 Å². The monoisotopic (exact) mass is 633 g/mol. The highest BCUT2D eigenvalue weighted by atomic mass is 32.1. The Hall–Kier alpha value is -5.48. The molecule has 10 rings (SSSR count). The summed E-state index contributed by atoms with van der Waals surface area (Å²) in [5.74, 6) is 0. The van der Waals surface area contributed by atoms with E-state index in [1.54, 1.807) is 0 Å². The van der Waals surface area contributed by atoms with Crippen LogP contribution >= 0.6 is 22.7 Å². The van der Waals surface area contributed by atoms with Crippen LogP contribution in [-0.2, 0) is 0 Å². The van der Waals surface area contributed by atoms with Crippen LogP contribution in [0.2, 0.25) is 0 Å². The lowest BCUT2D eigenvalue weighted by atomic mass is 9.98. The predicted octanol–water partition coefficient (Wildman–Crippen LogP) is 13.9. The first kappa shape index (κ1) is 26.7. The van der Waals surface area contributed by atoms with Crippen molar-refractivity contribution < 1.29 is 0 Å². The van der Waals surface area contributed by atoms with Crippen molar-refractivity contribution in [3.8, 4) is 11.1 Å². The SMILES string of the molecule is c1ccc(N(c2ccc(-c3cccc4ccccc34)cc2)c2ccc3c(c2)sc2ccc4sc5c6ccccc6ccc5c4c23)cc1. The van der Waals surface area contributed by atoms with Gasteiger partial charge in [0.15, 0.2) is 0 Å². The van der Waals surface area contributed by atoms with Crippen LogP contribution in [0.25, 0.3) is 73.0 Å². The van der Waals surface area contributed by atoms with Gasteiger partial charge in [-0.25, -0.2) is 0 Å². The molecule has 0 saturated carbocycles. The summed E-state index contributed by atoms with van der Waals surface area (Å²) in [7, 11) is 0. The maximum atomic E-state index is 2.38. The lowest BCUT2D eigenvalue weighted by Crippen LogP contribution is -2.09. The second-order valence-corrected chi connectivity index (χ2v) is 14.2. The summed E-state index contributed by atoms with van der Waals surface area (Å²) in [5, 5.41) is 10.6. The smallest absolute Gasteiger partial charge is 0.0476 e. The Kier molecular flexibility index (Phi) is 5.98. The summed E-state index contributed by atoms with van der Waals surface area (Å²) in [6.45, 7) is 0. The average molecular weight is 634 g/mol. The van der Waals surface area contributed by atoms with Gasteiger partial charge in [-0.05, 0) is 81.2 Å². The summed E-state index contributed by atoms with van der Waals surface area (Å²) in [6.07, 6.45) is 0. The lowest BCUT2D eigenvalue weighted by molar-refractivity contribution is 1.29. The molecule has 47 heavy (non-hydrogen) atoms. The molecule has 0 fully saturated rings. The van der Waals surface area contributed by atoms with Crippen LogP contribution in [0, 0.1) is 0 Å². The average Bonchev–Trinajstić information content (AvgIpc) is 3.70. The summed E-state index contributed by atoms with van der Waals surface area (Å²) >= 11 is 3.81. The van der Waals surface area contributed by atoms with Gasteiger partial charge in [-0.15, -0.1) is 22.7 Å². The highest BCUT2D eigenvalue weighted by Crippen LogP contribution is 2.47. The highest BCUT2D eigenvalue weighted by molar-refractivity contribution is 7.28. The molecular formula is C44H27NS2.